The number of para-hydroxylation sites is 1. The van der Waals surface area contributed by atoms with Crippen LogP contribution >= 0.6 is 12.6 Å². The van der Waals surface area contributed by atoms with Gasteiger partial charge >= 0.3 is 5.97 Å². The highest BCUT2D eigenvalue weighted by molar-refractivity contribution is 7.80. The minimum Gasteiger partial charge on any atom is -0.480 e. The third-order valence-electron chi connectivity index (χ3n) is 6.14. The Labute approximate surface area is 231 Å². The number of nitrogens with one attached hydrogen (secondary N) is 4. The molecule has 214 valence electrons. The first kappa shape index (κ1) is 31.6. The van der Waals surface area contributed by atoms with Crippen LogP contribution in [0.15, 0.2) is 30.5 Å². The van der Waals surface area contributed by atoms with Crippen molar-refractivity contribution in [2.75, 3.05) is 12.3 Å². The molecule has 0 bridgehead atoms. The zero-order chi connectivity index (χ0) is 28.9. The Kier molecular flexibility index (Phi) is 12.7. The van der Waals surface area contributed by atoms with E-state index in [-0.39, 0.29) is 31.4 Å². The molecule has 4 unspecified atom stereocenters. The van der Waals surface area contributed by atoms with Gasteiger partial charge in [-0.1, -0.05) is 18.2 Å². The number of thiol groups is 1. The van der Waals surface area contributed by atoms with Crippen LogP contribution in [0, 0.1) is 0 Å². The van der Waals surface area contributed by atoms with Crippen LogP contribution in [0.2, 0.25) is 0 Å². The summed E-state index contributed by atoms with van der Waals surface area (Å²) < 4.78 is 0. The van der Waals surface area contributed by atoms with Crippen LogP contribution in [-0.2, 0) is 30.4 Å². The van der Waals surface area contributed by atoms with Crippen molar-refractivity contribution in [2.24, 2.45) is 17.2 Å². The number of benzene rings is 1. The van der Waals surface area contributed by atoms with E-state index in [4.69, 9.17) is 17.2 Å². The Bertz CT molecular complexity index is 1160. The van der Waals surface area contributed by atoms with Gasteiger partial charge in [0.05, 0.1) is 6.04 Å². The molecule has 14 heteroatoms. The highest BCUT2D eigenvalue weighted by Gasteiger charge is 2.30. The molecule has 1 aromatic heterocycles. The molecule has 13 nitrogen and oxygen atoms in total. The van der Waals surface area contributed by atoms with Crippen LogP contribution < -0.4 is 33.2 Å². The van der Waals surface area contributed by atoms with Gasteiger partial charge in [0.15, 0.2) is 0 Å². The Morgan fingerprint density at radius 1 is 0.923 bits per heavy atom. The number of fused-ring (bicyclic) bond motifs is 1. The second kappa shape index (κ2) is 15.7. The highest BCUT2D eigenvalue weighted by Crippen LogP contribution is 2.19. The maximum Gasteiger partial charge on any atom is 0.326 e. The van der Waals surface area contributed by atoms with Crippen molar-refractivity contribution in [3.8, 4) is 0 Å². The summed E-state index contributed by atoms with van der Waals surface area (Å²) in [6.45, 7) is 0.395. The fraction of sp³-hybridized carbons (Fsp3) is 0.480. The predicted molar refractivity (Wildman–Crippen MR) is 149 cm³/mol. The number of primary amides is 1. The highest BCUT2D eigenvalue weighted by atomic mass is 32.1. The average molecular weight is 564 g/mol. The Balaban J connectivity index is 2.06. The average Bonchev–Trinajstić information content (AvgIpc) is 3.31. The van der Waals surface area contributed by atoms with Crippen molar-refractivity contribution in [3.63, 3.8) is 0 Å². The molecule has 11 N–H and O–H groups in total. The number of aromatic nitrogens is 1. The molecule has 2 aromatic rings. The summed E-state index contributed by atoms with van der Waals surface area (Å²) in [6, 6.07) is 3.05. The van der Waals surface area contributed by atoms with Gasteiger partial charge in [-0.3, -0.25) is 19.2 Å². The van der Waals surface area contributed by atoms with E-state index in [9.17, 15) is 29.1 Å². The van der Waals surface area contributed by atoms with E-state index in [2.05, 4.69) is 33.6 Å². The molecule has 0 saturated heterocycles. The van der Waals surface area contributed by atoms with Crippen molar-refractivity contribution in [3.05, 3.63) is 36.0 Å². The second-order valence-corrected chi connectivity index (χ2v) is 9.53. The lowest BCUT2D eigenvalue weighted by molar-refractivity contribution is -0.142. The van der Waals surface area contributed by atoms with E-state index in [1.165, 1.54) is 0 Å². The van der Waals surface area contributed by atoms with Gasteiger partial charge in [-0.2, -0.15) is 12.6 Å². The third-order valence-corrected chi connectivity index (χ3v) is 6.51. The minimum absolute atomic E-state index is 0.150. The molecule has 1 aromatic carbocycles. The molecule has 0 fully saturated rings. The predicted octanol–water partition coefficient (Wildman–Crippen LogP) is -1.10. The van der Waals surface area contributed by atoms with Crippen LogP contribution in [-0.4, -0.2) is 76.2 Å². The van der Waals surface area contributed by atoms with Gasteiger partial charge in [-0.05, 0) is 50.3 Å². The number of carbonyl (C=O) groups is 5. The first-order valence-electron chi connectivity index (χ1n) is 12.6. The van der Waals surface area contributed by atoms with E-state index >= 15 is 0 Å². The van der Waals surface area contributed by atoms with Gasteiger partial charge in [-0.25, -0.2) is 4.79 Å². The summed E-state index contributed by atoms with van der Waals surface area (Å²) in [5, 5.41) is 17.7. The zero-order valence-electron chi connectivity index (χ0n) is 21.5. The molecule has 1 heterocycles. The standard InChI is InChI=1S/C25H37N7O6S/c26-10-4-3-7-18(30-22(34)16(27)11-14-12-29-17-6-2-1-5-15(14)17)23(35)32-20(13-39)24(36)31-19(25(37)38)8-9-21(28)33/h1-2,5-6,12,16,18-20,29,39H,3-4,7-11,13,26-27H2,(H2,28,33)(H,30,34)(H,31,36)(H,32,35)(H,37,38). The van der Waals surface area contributed by atoms with Crippen molar-refractivity contribution in [1.82, 2.24) is 20.9 Å². The van der Waals surface area contributed by atoms with Crippen molar-refractivity contribution in [1.29, 1.82) is 0 Å². The summed E-state index contributed by atoms with van der Waals surface area (Å²) >= 11 is 4.10. The minimum atomic E-state index is -1.38. The normalized spacial score (nSPS) is 14.1. The SMILES string of the molecule is NCCCCC(NC(=O)C(N)Cc1c[nH]c2ccccc12)C(=O)NC(CS)C(=O)NC(CCC(N)=O)C(=O)O. The summed E-state index contributed by atoms with van der Waals surface area (Å²) in [5.74, 6) is -4.23. The molecule has 0 spiro atoms. The van der Waals surface area contributed by atoms with Crippen LogP contribution in [0.3, 0.4) is 0 Å². The van der Waals surface area contributed by atoms with E-state index < -0.39 is 53.8 Å². The fourth-order valence-corrected chi connectivity index (χ4v) is 4.21. The topological polar surface area (TPSA) is 236 Å². The Morgan fingerprint density at radius 3 is 2.21 bits per heavy atom. The number of carbonyl (C=O) groups excluding carboxylic acids is 4. The second-order valence-electron chi connectivity index (χ2n) is 9.16. The molecule has 0 saturated carbocycles. The molecular formula is C25H37N7O6S. The Hall–Kier alpha value is -3.62. The lowest BCUT2D eigenvalue weighted by atomic mass is 10.0. The van der Waals surface area contributed by atoms with Crippen LogP contribution in [0.5, 0.6) is 0 Å². The van der Waals surface area contributed by atoms with Crippen molar-refractivity contribution >= 4 is 53.1 Å². The van der Waals surface area contributed by atoms with Gasteiger partial charge < -0.3 is 43.2 Å². The van der Waals surface area contributed by atoms with E-state index in [0.29, 0.717) is 19.4 Å². The number of aromatic amines is 1. The number of hydrogen-bond donors (Lipinski definition) is 9. The number of H-pyrrole nitrogens is 1. The first-order valence-corrected chi connectivity index (χ1v) is 13.2. The van der Waals surface area contributed by atoms with Gasteiger partial charge in [0.1, 0.15) is 18.1 Å². The van der Waals surface area contributed by atoms with E-state index in [1.807, 2.05) is 24.3 Å². The van der Waals surface area contributed by atoms with E-state index in [1.54, 1.807) is 6.20 Å². The lowest BCUT2D eigenvalue weighted by Gasteiger charge is -2.24. The maximum atomic E-state index is 13.1. The summed E-state index contributed by atoms with van der Waals surface area (Å²) in [5.41, 5.74) is 18.6. The van der Waals surface area contributed by atoms with Gasteiger partial charge in [0.2, 0.25) is 23.6 Å². The number of aliphatic carboxylic acids is 1. The first-order chi connectivity index (χ1) is 18.6. The molecule has 39 heavy (non-hydrogen) atoms. The quantitative estimate of drug-likeness (QED) is 0.0844. The number of hydrogen-bond acceptors (Lipinski definition) is 8. The van der Waals surface area contributed by atoms with Gasteiger partial charge in [-0.15, -0.1) is 0 Å². The zero-order valence-corrected chi connectivity index (χ0v) is 22.4. The summed E-state index contributed by atoms with van der Waals surface area (Å²) in [4.78, 5) is 64.3. The van der Waals surface area contributed by atoms with Crippen molar-refractivity contribution in [2.45, 2.75) is 62.7 Å². The number of rotatable bonds is 17. The van der Waals surface area contributed by atoms with Crippen LogP contribution in [0.25, 0.3) is 10.9 Å². The molecule has 2 rings (SSSR count). The third kappa shape index (κ3) is 9.89. The molecule has 0 aliphatic rings. The maximum absolute atomic E-state index is 13.1. The number of amides is 4. The number of carboxylic acids is 1. The smallest absolute Gasteiger partial charge is 0.326 e. The summed E-state index contributed by atoms with van der Waals surface area (Å²) in [7, 11) is 0. The molecule has 0 aliphatic heterocycles. The molecular weight excluding hydrogens is 526 g/mol. The van der Waals surface area contributed by atoms with Crippen molar-refractivity contribution < 1.29 is 29.1 Å². The van der Waals surface area contributed by atoms with Gasteiger partial charge in [0, 0.05) is 29.3 Å². The fourth-order valence-electron chi connectivity index (χ4n) is 3.95. The van der Waals surface area contributed by atoms with Crippen LogP contribution in [0.1, 0.15) is 37.7 Å². The lowest BCUT2D eigenvalue weighted by Crippen LogP contribution is -2.57. The molecule has 4 atom stereocenters. The number of unbranched alkanes of at least 4 members (excludes halogenated alkanes) is 1. The Morgan fingerprint density at radius 2 is 1.56 bits per heavy atom. The number of carboxylic acid groups (broad SMARTS) is 1. The molecule has 0 radical (unpaired) electrons. The largest absolute Gasteiger partial charge is 0.480 e. The van der Waals surface area contributed by atoms with Gasteiger partial charge in [0.25, 0.3) is 0 Å². The number of nitrogens with two attached hydrogens (primary N) is 3. The molecule has 0 aliphatic carbocycles. The monoisotopic (exact) mass is 563 g/mol. The van der Waals surface area contributed by atoms with E-state index in [0.717, 1.165) is 16.5 Å². The van der Waals surface area contributed by atoms with Crippen LogP contribution in [0.4, 0.5) is 0 Å². The summed E-state index contributed by atoms with van der Waals surface area (Å²) in [6.07, 6.45) is 2.93. The molecule has 4 amide bonds.